The van der Waals surface area contributed by atoms with E-state index in [2.05, 4.69) is 15.0 Å². The molecule has 0 atom stereocenters. The van der Waals surface area contributed by atoms with Gasteiger partial charge in [0.25, 0.3) is 5.56 Å². The van der Waals surface area contributed by atoms with E-state index in [-0.39, 0.29) is 17.3 Å². The molecule has 0 radical (unpaired) electrons. The van der Waals surface area contributed by atoms with E-state index < -0.39 is 22.7 Å². The van der Waals surface area contributed by atoms with Crippen LogP contribution in [0.25, 0.3) is 22.3 Å². The molecule has 3 aromatic heterocycles. The molecule has 0 amide bonds. The van der Waals surface area contributed by atoms with Crippen LogP contribution in [-0.2, 0) is 6.18 Å². The van der Waals surface area contributed by atoms with Crippen molar-refractivity contribution in [2.24, 2.45) is 0 Å². The third kappa shape index (κ3) is 2.36. The lowest BCUT2D eigenvalue weighted by Crippen LogP contribution is -2.18. The molecule has 0 aliphatic carbocycles. The molecular formula is C13H8F3N5O. The summed E-state index contributed by atoms with van der Waals surface area (Å²) in [6.45, 7) is 0. The highest BCUT2D eigenvalue weighted by molar-refractivity contribution is 5.82. The highest BCUT2D eigenvalue weighted by Crippen LogP contribution is 2.34. The van der Waals surface area contributed by atoms with Crippen molar-refractivity contribution in [3.63, 3.8) is 0 Å². The topological polar surface area (TPSA) is 97.5 Å². The van der Waals surface area contributed by atoms with Crippen LogP contribution in [0.15, 0.2) is 35.4 Å². The number of nitrogens with zero attached hydrogens (tertiary/aromatic N) is 3. The molecule has 3 rings (SSSR count). The van der Waals surface area contributed by atoms with Gasteiger partial charge in [-0.05, 0) is 18.2 Å². The maximum absolute atomic E-state index is 13.2. The van der Waals surface area contributed by atoms with Crippen molar-refractivity contribution in [1.82, 2.24) is 19.9 Å². The van der Waals surface area contributed by atoms with Gasteiger partial charge < -0.3 is 5.73 Å². The molecule has 112 valence electrons. The van der Waals surface area contributed by atoms with Crippen LogP contribution in [-0.4, -0.2) is 19.9 Å². The van der Waals surface area contributed by atoms with Crippen LogP contribution in [0.3, 0.4) is 0 Å². The van der Waals surface area contributed by atoms with Gasteiger partial charge >= 0.3 is 6.18 Å². The summed E-state index contributed by atoms with van der Waals surface area (Å²) in [6.07, 6.45) is -1.88. The van der Waals surface area contributed by atoms with E-state index in [0.717, 1.165) is 6.07 Å². The lowest BCUT2D eigenvalue weighted by Gasteiger charge is -2.11. The molecule has 0 aliphatic heterocycles. The number of hydrogen-bond acceptors (Lipinski definition) is 5. The normalized spacial score (nSPS) is 11.8. The van der Waals surface area contributed by atoms with Gasteiger partial charge in [-0.2, -0.15) is 18.2 Å². The standard InChI is InChI=1S/C13H8F3N5O/c14-13(15,16)7-4-8(6-2-1-3-18-5-6)19-10-9(7)11(22)21-12(17)20-10/h1-5H,(H3,17,19,20,21,22). The number of halogens is 3. The van der Waals surface area contributed by atoms with E-state index in [0.29, 0.717) is 5.56 Å². The van der Waals surface area contributed by atoms with Crippen molar-refractivity contribution in [1.29, 1.82) is 0 Å². The zero-order chi connectivity index (χ0) is 15.9. The smallest absolute Gasteiger partial charge is 0.369 e. The van der Waals surface area contributed by atoms with Crippen molar-refractivity contribution >= 4 is 17.0 Å². The van der Waals surface area contributed by atoms with Gasteiger partial charge in [-0.15, -0.1) is 0 Å². The second kappa shape index (κ2) is 4.79. The molecule has 0 fully saturated rings. The highest BCUT2D eigenvalue weighted by atomic mass is 19.4. The summed E-state index contributed by atoms with van der Waals surface area (Å²) in [4.78, 5) is 25.3. The summed E-state index contributed by atoms with van der Waals surface area (Å²) in [6, 6.07) is 3.92. The van der Waals surface area contributed by atoms with Gasteiger partial charge in [0.15, 0.2) is 5.65 Å². The number of hydrogen-bond donors (Lipinski definition) is 2. The SMILES string of the molecule is Nc1nc2nc(-c3cccnc3)cc(C(F)(F)F)c2c(=O)[nH]1. The Labute approximate surface area is 120 Å². The minimum atomic E-state index is -4.73. The molecule has 0 spiro atoms. The van der Waals surface area contributed by atoms with Crippen LogP contribution < -0.4 is 11.3 Å². The van der Waals surface area contributed by atoms with Crippen molar-refractivity contribution in [2.45, 2.75) is 6.18 Å². The predicted octanol–water partition coefficient (Wildman–Crippen LogP) is 1.98. The Hall–Kier alpha value is -2.97. The predicted molar refractivity (Wildman–Crippen MR) is 72.8 cm³/mol. The molecule has 9 heteroatoms. The molecule has 0 aliphatic rings. The Balaban J connectivity index is 2.42. The molecule has 3 N–H and O–H groups in total. The summed E-state index contributed by atoms with van der Waals surface area (Å²) in [5.41, 5.74) is 3.28. The fourth-order valence-corrected chi connectivity index (χ4v) is 2.04. The number of aromatic amines is 1. The molecule has 0 saturated heterocycles. The number of rotatable bonds is 1. The Morgan fingerprint density at radius 2 is 2.00 bits per heavy atom. The first-order chi connectivity index (χ1) is 10.4. The summed E-state index contributed by atoms with van der Waals surface area (Å²) < 4.78 is 39.7. The maximum Gasteiger partial charge on any atom is 0.417 e. The van der Waals surface area contributed by atoms with Gasteiger partial charge in [0.1, 0.15) is 0 Å². The monoisotopic (exact) mass is 307 g/mol. The molecule has 0 aromatic carbocycles. The number of nitrogens with two attached hydrogens (primary N) is 1. The maximum atomic E-state index is 13.2. The van der Waals surface area contributed by atoms with E-state index in [9.17, 15) is 18.0 Å². The van der Waals surface area contributed by atoms with Crippen LogP contribution >= 0.6 is 0 Å². The summed E-state index contributed by atoms with van der Waals surface area (Å²) in [7, 11) is 0. The fourth-order valence-electron chi connectivity index (χ4n) is 2.04. The minimum absolute atomic E-state index is 0.00502. The molecule has 3 aromatic rings. The molecule has 0 bridgehead atoms. The van der Waals surface area contributed by atoms with E-state index in [1.54, 1.807) is 12.1 Å². The zero-order valence-corrected chi connectivity index (χ0v) is 10.8. The van der Waals surface area contributed by atoms with Gasteiger partial charge in [0.05, 0.1) is 16.6 Å². The summed E-state index contributed by atoms with van der Waals surface area (Å²) >= 11 is 0. The van der Waals surface area contributed by atoms with Gasteiger partial charge in [-0.25, -0.2) is 4.98 Å². The van der Waals surface area contributed by atoms with E-state index >= 15 is 0 Å². The Morgan fingerprint density at radius 1 is 1.23 bits per heavy atom. The molecule has 6 nitrogen and oxygen atoms in total. The van der Waals surface area contributed by atoms with E-state index in [1.165, 1.54) is 12.4 Å². The van der Waals surface area contributed by atoms with Crippen LogP contribution in [0.2, 0.25) is 0 Å². The Kier molecular flexibility index (Phi) is 3.05. The molecule has 0 unspecified atom stereocenters. The Bertz CT molecular complexity index is 905. The molecule has 0 saturated carbocycles. The Morgan fingerprint density at radius 3 is 2.64 bits per heavy atom. The van der Waals surface area contributed by atoms with Crippen molar-refractivity contribution in [2.75, 3.05) is 5.73 Å². The largest absolute Gasteiger partial charge is 0.417 e. The van der Waals surface area contributed by atoms with Crippen LogP contribution in [0.4, 0.5) is 19.1 Å². The van der Waals surface area contributed by atoms with Crippen molar-refractivity contribution in [3.8, 4) is 11.3 Å². The number of nitrogens with one attached hydrogen (secondary N) is 1. The first-order valence-corrected chi connectivity index (χ1v) is 6.04. The fraction of sp³-hybridized carbons (Fsp3) is 0.0769. The van der Waals surface area contributed by atoms with Crippen LogP contribution in [0.1, 0.15) is 5.56 Å². The quantitative estimate of drug-likeness (QED) is 0.716. The van der Waals surface area contributed by atoms with Crippen LogP contribution in [0.5, 0.6) is 0 Å². The van der Waals surface area contributed by atoms with E-state index in [1.807, 2.05) is 4.98 Å². The lowest BCUT2D eigenvalue weighted by atomic mass is 10.1. The van der Waals surface area contributed by atoms with E-state index in [4.69, 9.17) is 5.73 Å². The lowest BCUT2D eigenvalue weighted by molar-refractivity contribution is -0.136. The second-order valence-corrected chi connectivity index (χ2v) is 4.44. The minimum Gasteiger partial charge on any atom is -0.369 e. The number of fused-ring (bicyclic) bond motifs is 1. The van der Waals surface area contributed by atoms with Gasteiger partial charge in [0, 0.05) is 18.0 Å². The van der Waals surface area contributed by atoms with Gasteiger partial charge in [0.2, 0.25) is 5.95 Å². The van der Waals surface area contributed by atoms with Crippen LogP contribution in [0, 0.1) is 0 Å². The second-order valence-electron chi connectivity index (χ2n) is 4.44. The number of H-pyrrole nitrogens is 1. The first-order valence-electron chi connectivity index (χ1n) is 6.04. The average molecular weight is 307 g/mol. The summed E-state index contributed by atoms with van der Waals surface area (Å²) in [5, 5.41) is -0.644. The molecule has 3 heterocycles. The highest BCUT2D eigenvalue weighted by Gasteiger charge is 2.35. The average Bonchev–Trinajstić information content (AvgIpc) is 2.45. The van der Waals surface area contributed by atoms with Gasteiger partial charge in [-0.3, -0.25) is 14.8 Å². The number of aromatic nitrogens is 4. The number of anilines is 1. The van der Waals surface area contributed by atoms with Crippen molar-refractivity contribution < 1.29 is 13.2 Å². The first kappa shape index (κ1) is 14.0. The number of alkyl halides is 3. The summed E-state index contributed by atoms with van der Waals surface area (Å²) in [5.74, 6) is -0.304. The molecular weight excluding hydrogens is 299 g/mol. The number of nitrogen functional groups attached to an aromatic ring is 1. The molecule has 22 heavy (non-hydrogen) atoms. The number of pyridine rings is 2. The third-order valence-corrected chi connectivity index (χ3v) is 2.96. The van der Waals surface area contributed by atoms with Crippen molar-refractivity contribution in [3.05, 3.63) is 46.5 Å². The van der Waals surface area contributed by atoms with Gasteiger partial charge in [-0.1, -0.05) is 0 Å². The zero-order valence-electron chi connectivity index (χ0n) is 10.8. The third-order valence-electron chi connectivity index (χ3n) is 2.96.